The van der Waals surface area contributed by atoms with Crippen molar-refractivity contribution in [2.75, 3.05) is 6.54 Å². The summed E-state index contributed by atoms with van der Waals surface area (Å²) in [6.45, 7) is 0.451. The maximum atomic E-state index is 12.1. The van der Waals surface area contributed by atoms with E-state index in [0.717, 1.165) is 23.3 Å². The maximum Gasteiger partial charge on any atom is 0.261 e. The summed E-state index contributed by atoms with van der Waals surface area (Å²) in [5, 5.41) is 2.74. The van der Waals surface area contributed by atoms with E-state index < -0.39 is 0 Å². The molecule has 1 N–H and O–H groups in total. The highest BCUT2D eigenvalue weighted by molar-refractivity contribution is 7.14. The lowest BCUT2D eigenvalue weighted by Crippen LogP contribution is -2.26. The number of rotatable bonds is 4. The molecule has 4 heteroatoms. The number of carbonyl (C=O) groups excluding carboxylic acids is 1. The molecule has 0 radical (unpaired) electrons. The number of halogens is 1. The number of nitrogens with one attached hydrogen (secondary N) is 1. The number of carbonyl (C=O) groups is 1. The summed E-state index contributed by atoms with van der Waals surface area (Å²) in [5.74, 6) is -0.00835. The van der Waals surface area contributed by atoms with Gasteiger partial charge < -0.3 is 5.32 Å². The zero-order valence-electron chi connectivity index (χ0n) is 11.1. The van der Waals surface area contributed by atoms with E-state index in [9.17, 15) is 4.79 Å². The minimum atomic E-state index is -0.188. The van der Waals surface area contributed by atoms with Gasteiger partial charge in [0.1, 0.15) is 0 Å². The van der Waals surface area contributed by atoms with Gasteiger partial charge >= 0.3 is 0 Å². The quantitative estimate of drug-likeness (QED) is 0.852. The number of thiophene rings is 1. The molecule has 1 aliphatic rings. The Morgan fingerprint density at radius 1 is 1.30 bits per heavy atom. The van der Waals surface area contributed by atoms with Gasteiger partial charge in [0.05, 0.1) is 10.3 Å². The highest BCUT2D eigenvalue weighted by Crippen LogP contribution is 2.30. The van der Waals surface area contributed by atoms with Gasteiger partial charge in [-0.15, -0.1) is 22.9 Å². The molecule has 0 saturated heterocycles. The van der Waals surface area contributed by atoms with Crippen molar-refractivity contribution in [2.24, 2.45) is 0 Å². The van der Waals surface area contributed by atoms with Crippen LogP contribution in [0.25, 0.3) is 0 Å². The average molecular weight is 306 g/mol. The third-order valence-corrected chi connectivity index (χ3v) is 5.22. The molecule has 20 heavy (non-hydrogen) atoms. The number of amides is 1. The molecule has 1 aliphatic carbocycles. The lowest BCUT2D eigenvalue weighted by molar-refractivity contribution is 0.0957. The summed E-state index contributed by atoms with van der Waals surface area (Å²) in [5.41, 5.74) is 2.38. The zero-order chi connectivity index (χ0) is 13.9. The topological polar surface area (TPSA) is 29.1 Å². The number of fused-ring (bicyclic) bond motifs is 1. The molecular formula is C16H16ClNOS. The average Bonchev–Trinajstić information content (AvgIpc) is 3.06. The van der Waals surface area contributed by atoms with Gasteiger partial charge in [-0.25, -0.2) is 0 Å². The van der Waals surface area contributed by atoms with Gasteiger partial charge in [0.2, 0.25) is 0 Å². The molecule has 1 atom stereocenters. The largest absolute Gasteiger partial charge is 0.350 e. The number of benzene rings is 1. The molecule has 1 aromatic heterocycles. The van der Waals surface area contributed by atoms with Gasteiger partial charge in [-0.3, -0.25) is 4.79 Å². The van der Waals surface area contributed by atoms with E-state index in [2.05, 4.69) is 5.32 Å². The van der Waals surface area contributed by atoms with Crippen LogP contribution in [0.5, 0.6) is 0 Å². The van der Waals surface area contributed by atoms with Crippen molar-refractivity contribution in [2.45, 2.75) is 24.6 Å². The Labute approximate surface area is 127 Å². The maximum absolute atomic E-state index is 12.1. The first-order chi connectivity index (χ1) is 9.74. The van der Waals surface area contributed by atoms with Crippen molar-refractivity contribution in [3.63, 3.8) is 0 Å². The van der Waals surface area contributed by atoms with Crippen LogP contribution in [-0.4, -0.2) is 12.5 Å². The van der Waals surface area contributed by atoms with Crippen LogP contribution in [0, 0.1) is 0 Å². The van der Waals surface area contributed by atoms with Gasteiger partial charge in [-0.05, 0) is 36.5 Å². The molecule has 0 spiro atoms. The highest BCUT2D eigenvalue weighted by atomic mass is 35.5. The van der Waals surface area contributed by atoms with E-state index in [1.807, 2.05) is 36.4 Å². The number of hydrogen-bond donors (Lipinski definition) is 1. The lowest BCUT2D eigenvalue weighted by atomic mass is 10.1. The van der Waals surface area contributed by atoms with Crippen molar-refractivity contribution in [1.82, 2.24) is 5.32 Å². The molecule has 0 bridgehead atoms. The second-order valence-corrected chi connectivity index (χ2v) is 6.66. The molecule has 2 nitrogen and oxygen atoms in total. The molecule has 0 fully saturated rings. The first-order valence-corrected chi connectivity index (χ1v) is 8.08. The van der Waals surface area contributed by atoms with Gasteiger partial charge in [0, 0.05) is 11.4 Å². The summed E-state index contributed by atoms with van der Waals surface area (Å²) in [4.78, 5) is 14.3. The number of aryl methyl sites for hydroxylation is 2. The molecule has 2 aromatic rings. The van der Waals surface area contributed by atoms with Crippen molar-refractivity contribution in [3.05, 3.63) is 57.3 Å². The van der Waals surface area contributed by atoms with Gasteiger partial charge in [0.25, 0.3) is 5.91 Å². The Bertz CT molecular complexity index is 587. The van der Waals surface area contributed by atoms with Crippen LogP contribution in [0.4, 0.5) is 0 Å². The van der Waals surface area contributed by atoms with Crippen molar-refractivity contribution in [3.8, 4) is 0 Å². The second-order valence-electron chi connectivity index (χ2n) is 5.00. The van der Waals surface area contributed by atoms with Crippen molar-refractivity contribution in [1.29, 1.82) is 0 Å². The SMILES string of the molecule is O=C(NCC(Cl)c1ccccc1)c1cc2c(s1)CCC2. The molecule has 1 heterocycles. The Morgan fingerprint density at radius 2 is 2.10 bits per heavy atom. The Hall–Kier alpha value is -1.32. The zero-order valence-corrected chi connectivity index (χ0v) is 12.6. The van der Waals surface area contributed by atoms with E-state index in [0.29, 0.717) is 6.54 Å². The monoisotopic (exact) mass is 305 g/mol. The smallest absolute Gasteiger partial charge is 0.261 e. The Morgan fingerprint density at radius 3 is 2.85 bits per heavy atom. The summed E-state index contributed by atoms with van der Waals surface area (Å²) in [6, 6.07) is 11.9. The molecule has 1 aromatic carbocycles. The van der Waals surface area contributed by atoms with Gasteiger partial charge in [0.15, 0.2) is 0 Å². The number of alkyl halides is 1. The van der Waals surface area contributed by atoms with Crippen LogP contribution in [0.2, 0.25) is 0 Å². The molecular weight excluding hydrogens is 290 g/mol. The van der Waals surface area contributed by atoms with E-state index in [1.54, 1.807) is 11.3 Å². The highest BCUT2D eigenvalue weighted by Gasteiger charge is 2.19. The predicted molar refractivity (Wildman–Crippen MR) is 83.7 cm³/mol. The van der Waals surface area contributed by atoms with E-state index in [4.69, 9.17) is 11.6 Å². The van der Waals surface area contributed by atoms with Crippen LogP contribution in [-0.2, 0) is 12.8 Å². The standard InChI is InChI=1S/C16H16ClNOS/c17-13(11-5-2-1-3-6-11)10-18-16(19)15-9-12-7-4-8-14(12)20-15/h1-3,5-6,9,13H,4,7-8,10H2,(H,18,19). The molecule has 3 rings (SSSR count). The molecule has 0 aliphatic heterocycles. The summed E-state index contributed by atoms with van der Waals surface area (Å²) in [7, 11) is 0. The summed E-state index contributed by atoms with van der Waals surface area (Å²) in [6.07, 6.45) is 3.46. The molecule has 1 amide bonds. The Balaban J connectivity index is 1.59. The molecule has 1 unspecified atom stereocenters. The Kier molecular flexibility index (Phi) is 4.08. The molecule has 0 saturated carbocycles. The third-order valence-electron chi connectivity index (χ3n) is 3.57. The van der Waals surface area contributed by atoms with Crippen molar-refractivity contribution < 1.29 is 4.79 Å². The summed E-state index contributed by atoms with van der Waals surface area (Å²) >= 11 is 7.92. The van der Waals surface area contributed by atoms with E-state index in [-0.39, 0.29) is 11.3 Å². The normalized spacial score (nSPS) is 14.8. The van der Waals surface area contributed by atoms with Crippen LogP contribution in [0.3, 0.4) is 0 Å². The van der Waals surface area contributed by atoms with Crippen molar-refractivity contribution >= 4 is 28.8 Å². The van der Waals surface area contributed by atoms with Crippen LogP contribution < -0.4 is 5.32 Å². The summed E-state index contributed by atoms with van der Waals surface area (Å²) < 4.78 is 0. The fourth-order valence-corrected chi connectivity index (χ4v) is 3.88. The lowest BCUT2D eigenvalue weighted by Gasteiger charge is -2.10. The second kappa shape index (κ2) is 5.98. The van der Waals surface area contributed by atoms with Gasteiger partial charge in [-0.1, -0.05) is 30.3 Å². The fraction of sp³-hybridized carbons (Fsp3) is 0.312. The minimum absolute atomic E-state index is 0.00835. The van der Waals surface area contributed by atoms with E-state index in [1.165, 1.54) is 16.9 Å². The first kappa shape index (κ1) is 13.7. The minimum Gasteiger partial charge on any atom is -0.350 e. The predicted octanol–water partition coefficient (Wildman–Crippen LogP) is 3.95. The van der Waals surface area contributed by atoms with Crippen LogP contribution in [0.15, 0.2) is 36.4 Å². The van der Waals surface area contributed by atoms with Crippen LogP contribution in [0.1, 0.15) is 37.5 Å². The number of hydrogen-bond acceptors (Lipinski definition) is 2. The first-order valence-electron chi connectivity index (χ1n) is 6.83. The van der Waals surface area contributed by atoms with Crippen LogP contribution >= 0.6 is 22.9 Å². The van der Waals surface area contributed by atoms with Gasteiger partial charge in [-0.2, -0.15) is 0 Å². The third kappa shape index (κ3) is 2.89. The van der Waals surface area contributed by atoms with E-state index >= 15 is 0 Å². The molecule has 104 valence electrons. The fourth-order valence-electron chi connectivity index (χ4n) is 2.49.